The number of rotatable bonds is 5. The summed E-state index contributed by atoms with van der Waals surface area (Å²) in [6, 6.07) is 23.8. The number of thioether (sulfide) groups is 1. The molecule has 2 heterocycles. The fourth-order valence-corrected chi connectivity index (χ4v) is 4.18. The molecule has 0 radical (unpaired) electrons. The Balaban J connectivity index is 1.47. The van der Waals surface area contributed by atoms with Crippen LogP contribution in [-0.4, -0.2) is 21.7 Å². The molecule has 0 unspecified atom stereocenters. The van der Waals surface area contributed by atoms with Gasteiger partial charge >= 0.3 is 0 Å². The van der Waals surface area contributed by atoms with Gasteiger partial charge in [-0.2, -0.15) is 0 Å². The molecule has 0 N–H and O–H groups in total. The number of hydrogen-bond acceptors (Lipinski definition) is 4. The standard InChI is InChI=1S/C22H17NO2S2/c24-21-20(15-18-11-12-19(25-18)17-9-5-2-6-10-17)27-22(26)23(21)14-13-16-7-3-1-4-8-16/h1-12,15H,13-14H2/b20-15-. The summed E-state index contributed by atoms with van der Waals surface area (Å²) in [6.45, 7) is 0.583. The van der Waals surface area contributed by atoms with Gasteiger partial charge in [0.2, 0.25) is 0 Å². The van der Waals surface area contributed by atoms with Crippen LogP contribution in [0.5, 0.6) is 0 Å². The number of carbonyl (C=O) groups is 1. The minimum absolute atomic E-state index is 0.0569. The molecular weight excluding hydrogens is 374 g/mol. The van der Waals surface area contributed by atoms with Crippen molar-refractivity contribution >= 4 is 40.3 Å². The summed E-state index contributed by atoms with van der Waals surface area (Å²) in [4.78, 5) is 15.0. The molecule has 0 aliphatic carbocycles. The van der Waals surface area contributed by atoms with Crippen molar-refractivity contribution in [3.05, 3.63) is 89.0 Å². The summed E-state index contributed by atoms with van der Waals surface area (Å²) in [5.74, 6) is 1.37. The summed E-state index contributed by atoms with van der Waals surface area (Å²) < 4.78 is 6.47. The van der Waals surface area contributed by atoms with Gasteiger partial charge in [0, 0.05) is 18.2 Å². The van der Waals surface area contributed by atoms with Crippen LogP contribution in [0.4, 0.5) is 0 Å². The predicted octanol–water partition coefficient (Wildman–Crippen LogP) is 5.39. The van der Waals surface area contributed by atoms with Gasteiger partial charge in [0.1, 0.15) is 15.8 Å². The van der Waals surface area contributed by atoms with Crippen LogP contribution in [0.2, 0.25) is 0 Å². The van der Waals surface area contributed by atoms with E-state index in [-0.39, 0.29) is 5.91 Å². The van der Waals surface area contributed by atoms with E-state index in [1.807, 2.05) is 60.7 Å². The average molecular weight is 392 g/mol. The topological polar surface area (TPSA) is 33.5 Å². The van der Waals surface area contributed by atoms with E-state index in [0.717, 1.165) is 17.7 Å². The lowest BCUT2D eigenvalue weighted by molar-refractivity contribution is -0.122. The fourth-order valence-electron chi connectivity index (χ4n) is 2.90. The molecule has 4 rings (SSSR count). The number of thiocarbonyl (C=S) groups is 1. The van der Waals surface area contributed by atoms with E-state index < -0.39 is 0 Å². The Labute approximate surface area is 167 Å². The van der Waals surface area contributed by atoms with Crippen LogP contribution in [0, 0.1) is 0 Å². The van der Waals surface area contributed by atoms with Crippen LogP contribution < -0.4 is 0 Å². The number of benzene rings is 2. The largest absolute Gasteiger partial charge is 0.457 e. The molecule has 1 aliphatic heterocycles. The zero-order chi connectivity index (χ0) is 18.6. The molecule has 5 heteroatoms. The normalized spacial score (nSPS) is 15.7. The van der Waals surface area contributed by atoms with Crippen molar-refractivity contribution < 1.29 is 9.21 Å². The van der Waals surface area contributed by atoms with Gasteiger partial charge in [-0.25, -0.2) is 0 Å². The highest BCUT2D eigenvalue weighted by molar-refractivity contribution is 8.26. The summed E-state index contributed by atoms with van der Waals surface area (Å²) in [5.41, 5.74) is 2.20. The molecule has 3 nitrogen and oxygen atoms in total. The Morgan fingerprint density at radius 1 is 0.963 bits per heavy atom. The molecule has 1 aromatic heterocycles. The van der Waals surface area contributed by atoms with Crippen molar-refractivity contribution in [2.24, 2.45) is 0 Å². The second-order valence-corrected chi connectivity index (χ2v) is 7.81. The number of amides is 1. The minimum atomic E-state index is -0.0569. The lowest BCUT2D eigenvalue weighted by Gasteiger charge is -2.14. The molecule has 0 bridgehead atoms. The number of carbonyl (C=O) groups excluding carboxylic acids is 1. The third-order valence-corrected chi connectivity index (χ3v) is 5.68. The van der Waals surface area contributed by atoms with E-state index in [1.165, 1.54) is 17.3 Å². The van der Waals surface area contributed by atoms with Gasteiger partial charge in [-0.3, -0.25) is 9.69 Å². The van der Waals surface area contributed by atoms with Crippen LogP contribution in [0.25, 0.3) is 17.4 Å². The molecule has 2 aromatic carbocycles. The van der Waals surface area contributed by atoms with Crippen LogP contribution in [0.15, 0.2) is 82.1 Å². The third-order valence-electron chi connectivity index (χ3n) is 4.30. The number of hydrogen-bond donors (Lipinski definition) is 0. The molecule has 1 aliphatic rings. The van der Waals surface area contributed by atoms with Crippen molar-refractivity contribution in [1.29, 1.82) is 0 Å². The Bertz CT molecular complexity index is 993. The Hall–Kier alpha value is -2.63. The van der Waals surface area contributed by atoms with Crippen LogP contribution in [-0.2, 0) is 11.2 Å². The first-order valence-electron chi connectivity index (χ1n) is 8.65. The molecule has 1 fully saturated rings. The number of furan rings is 1. The maximum Gasteiger partial charge on any atom is 0.266 e. The quantitative estimate of drug-likeness (QED) is 0.431. The Kier molecular flexibility index (Phi) is 5.23. The van der Waals surface area contributed by atoms with E-state index in [2.05, 4.69) is 12.1 Å². The Morgan fingerprint density at radius 2 is 1.67 bits per heavy atom. The van der Waals surface area contributed by atoms with Gasteiger partial charge in [-0.15, -0.1) is 0 Å². The SMILES string of the molecule is O=C1/C(=C/c2ccc(-c3ccccc3)o2)SC(=S)N1CCc1ccccc1. The lowest BCUT2D eigenvalue weighted by atomic mass is 10.1. The van der Waals surface area contributed by atoms with Crippen molar-refractivity contribution in [3.63, 3.8) is 0 Å². The van der Waals surface area contributed by atoms with E-state index in [0.29, 0.717) is 21.5 Å². The predicted molar refractivity (Wildman–Crippen MR) is 114 cm³/mol. The minimum Gasteiger partial charge on any atom is -0.457 e. The summed E-state index contributed by atoms with van der Waals surface area (Å²) in [6.07, 6.45) is 2.55. The van der Waals surface area contributed by atoms with Gasteiger partial charge in [0.15, 0.2) is 0 Å². The van der Waals surface area contributed by atoms with Gasteiger partial charge in [-0.05, 0) is 24.1 Å². The zero-order valence-corrected chi connectivity index (χ0v) is 16.1. The first-order chi connectivity index (χ1) is 13.2. The zero-order valence-electron chi connectivity index (χ0n) is 14.5. The van der Waals surface area contributed by atoms with Crippen molar-refractivity contribution in [1.82, 2.24) is 4.90 Å². The highest BCUT2D eigenvalue weighted by Gasteiger charge is 2.31. The summed E-state index contributed by atoms with van der Waals surface area (Å²) in [5, 5.41) is 0. The summed E-state index contributed by atoms with van der Waals surface area (Å²) >= 11 is 6.73. The van der Waals surface area contributed by atoms with E-state index in [4.69, 9.17) is 16.6 Å². The molecule has 3 aromatic rings. The highest BCUT2D eigenvalue weighted by Crippen LogP contribution is 2.33. The second kappa shape index (κ2) is 7.94. The first kappa shape index (κ1) is 17.8. The smallest absolute Gasteiger partial charge is 0.266 e. The van der Waals surface area contributed by atoms with E-state index in [1.54, 1.807) is 11.0 Å². The Morgan fingerprint density at radius 3 is 2.41 bits per heavy atom. The molecular formula is C22H17NO2S2. The number of nitrogens with zero attached hydrogens (tertiary/aromatic N) is 1. The van der Waals surface area contributed by atoms with Crippen LogP contribution >= 0.6 is 24.0 Å². The maximum absolute atomic E-state index is 12.7. The maximum atomic E-state index is 12.7. The van der Waals surface area contributed by atoms with Gasteiger partial charge in [0.25, 0.3) is 5.91 Å². The molecule has 27 heavy (non-hydrogen) atoms. The summed E-state index contributed by atoms with van der Waals surface area (Å²) in [7, 11) is 0. The van der Waals surface area contributed by atoms with Gasteiger partial charge < -0.3 is 4.42 Å². The van der Waals surface area contributed by atoms with Crippen LogP contribution in [0.3, 0.4) is 0 Å². The average Bonchev–Trinajstić information content (AvgIpc) is 3.27. The van der Waals surface area contributed by atoms with Crippen LogP contribution in [0.1, 0.15) is 11.3 Å². The lowest BCUT2D eigenvalue weighted by Crippen LogP contribution is -2.30. The van der Waals surface area contributed by atoms with Crippen molar-refractivity contribution in [2.45, 2.75) is 6.42 Å². The molecule has 1 saturated heterocycles. The van der Waals surface area contributed by atoms with Gasteiger partial charge in [0.05, 0.1) is 4.91 Å². The second-order valence-electron chi connectivity index (χ2n) is 6.14. The van der Waals surface area contributed by atoms with Gasteiger partial charge in [-0.1, -0.05) is 84.6 Å². The monoisotopic (exact) mass is 391 g/mol. The molecule has 0 atom stereocenters. The molecule has 0 saturated carbocycles. The van der Waals surface area contributed by atoms with Crippen molar-refractivity contribution in [3.8, 4) is 11.3 Å². The van der Waals surface area contributed by atoms with E-state index >= 15 is 0 Å². The third kappa shape index (κ3) is 4.04. The molecule has 0 spiro atoms. The fraction of sp³-hybridized carbons (Fsp3) is 0.0909. The molecule has 1 amide bonds. The van der Waals surface area contributed by atoms with Crippen molar-refractivity contribution in [2.75, 3.05) is 6.54 Å². The van der Waals surface area contributed by atoms with E-state index in [9.17, 15) is 4.79 Å². The molecule has 134 valence electrons. The highest BCUT2D eigenvalue weighted by atomic mass is 32.2. The first-order valence-corrected chi connectivity index (χ1v) is 9.88.